The number of hydrogen-bond donors (Lipinski definition) is 1. The molecule has 2 rings (SSSR count). The Balaban J connectivity index is 1.77. The first kappa shape index (κ1) is 12.7. The Morgan fingerprint density at radius 3 is 2.53 bits per heavy atom. The van der Waals surface area contributed by atoms with E-state index in [0.29, 0.717) is 0 Å². The molecule has 0 unspecified atom stereocenters. The Labute approximate surface area is 108 Å². The molecule has 1 N–H and O–H groups in total. The van der Waals surface area contributed by atoms with E-state index in [1.165, 1.54) is 12.8 Å². The lowest BCUT2D eigenvalue weighted by atomic mass is 10.1. The lowest BCUT2D eigenvalue weighted by Gasteiger charge is -2.12. The highest BCUT2D eigenvalue weighted by Crippen LogP contribution is 2.27. The molecule has 0 amide bonds. The van der Waals surface area contributed by atoms with E-state index in [-0.39, 0.29) is 0 Å². The van der Waals surface area contributed by atoms with Gasteiger partial charge in [-0.05, 0) is 62.9 Å². The van der Waals surface area contributed by atoms with Gasteiger partial charge in [0.15, 0.2) is 0 Å². The van der Waals surface area contributed by atoms with Crippen molar-refractivity contribution in [3.63, 3.8) is 0 Å². The fourth-order valence-corrected chi connectivity index (χ4v) is 2.29. The summed E-state index contributed by atoms with van der Waals surface area (Å²) in [6, 6.07) is 4.69. The zero-order valence-electron chi connectivity index (χ0n) is 10.6. The van der Waals surface area contributed by atoms with Crippen molar-refractivity contribution in [2.24, 2.45) is 0 Å². The SMILES string of the molecule is Cc1cc(Cl)cc(C)c1OCCCNC1CC1. The lowest BCUT2D eigenvalue weighted by molar-refractivity contribution is 0.304. The Hall–Kier alpha value is -0.730. The summed E-state index contributed by atoms with van der Waals surface area (Å²) in [6.45, 7) is 5.90. The highest BCUT2D eigenvalue weighted by atomic mass is 35.5. The molecular formula is C14H20ClNO. The van der Waals surface area contributed by atoms with Crippen LogP contribution in [-0.4, -0.2) is 19.2 Å². The summed E-state index contributed by atoms with van der Waals surface area (Å²) in [5.41, 5.74) is 2.23. The quantitative estimate of drug-likeness (QED) is 0.784. The Bertz CT molecular complexity index is 365. The first-order chi connectivity index (χ1) is 8.16. The van der Waals surface area contributed by atoms with Crippen LogP contribution in [0.3, 0.4) is 0 Å². The molecular weight excluding hydrogens is 234 g/mol. The van der Waals surface area contributed by atoms with E-state index in [0.717, 1.165) is 47.5 Å². The predicted octanol–water partition coefficient (Wildman–Crippen LogP) is 3.48. The fraction of sp³-hybridized carbons (Fsp3) is 0.571. The Morgan fingerprint density at radius 2 is 1.94 bits per heavy atom. The maximum atomic E-state index is 5.98. The van der Waals surface area contributed by atoms with Gasteiger partial charge in [-0.15, -0.1) is 0 Å². The van der Waals surface area contributed by atoms with Crippen molar-refractivity contribution >= 4 is 11.6 Å². The molecule has 1 aliphatic carbocycles. The van der Waals surface area contributed by atoms with E-state index in [1.54, 1.807) is 0 Å². The summed E-state index contributed by atoms with van der Waals surface area (Å²) < 4.78 is 5.83. The van der Waals surface area contributed by atoms with Crippen molar-refractivity contribution in [2.45, 2.75) is 39.2 Å². The predicted molar refractivity (Wildman–Crippen MR) is 72.1 cm³/mol. The Morgan fingerprint density at radius 1 is 1.29 bits per heavy atom. The van der Waals surface area contributed by atoms with Crippen LogP contribution in [0.4, 0.5) is 0 Å². The monoisotopic (exact) mass is 253 g/mol. The molecule has 0 radical (unpaired) electrons. The second-order valence-electron chi connectivity index (χ2n) is 4.80. The molecule has 0 atom stereocenters. The number of ether oxygens (including phenoxy) is 1. The third kappa shape index (κ3) is 3.90. The van der Waals surface area contributed by atoms with Gasteiger partial charge in [-0.25, -0.2) is 0 Å². The van der Waals surface area contributed by atoms with Crippen LogP contribution in [0.2, 0.25) is 5.02 Å². The molecule has 1 aromatic carbocycles. The average molecular weight is 254 g/mol. The number of hydrogen-bond acceptors (Lipinski definition) is 2. The second kappa shape index (κ2) is 5.74. The van der Waals surface area contributed by atoms with Crippen LogP contribution in [-0.2, 0) is 0 Å². The lowest BCUT2D eigenvalue weighted by Crippen LogP contribution is -2.19. The molecule has 0 aromatic heterocycles. The number of rotatable bonds is 6. The topological polar surface area (TPSA) is 21.3 Å². The molecule has 3 heteroatoms. The first-order valence-electron chi connectivity index (χ1n) is 6.30. The summed E-state index contributed by atoms with van der Waals surface area (Å²) in [7, 11) is 0. The molecule has 2 nitrogen and oxygen atoms in total. The normalized spacial score (nSPS) is 15.0. The molecule has 0 spiro atoms. The zero-order chi connectivity index (χ0) is 12.3. The van der Waals surface area contributed by atoms with E-state index >= 15 is 0 Å². The summed E-state index contributed by atoms with van der Waals surface area (Å²) in [5.74, 6) is 0.987. The number of aryl methyl sites for hydroxylation is 2. The molecule has 94 valence electrons. The molecule has 0 saturated heterocycles. The zero-order valence-corrected chi connectivity index (χ0v) is 11.3. The van der Waals surface area contributed by atoms with Gasteiger partial charge in [-0.3, -0.25) is 0 Å². The van der Waals surface area contributed by atoms with E-state index < -0.39 is 0 Å². The van der Waals surface area contributed by atoms with Crippen molar-refractivity contribution in [2.75, 3.05) is 13.2 Å². The van der Waals surface area contributed by atoms with Gasteiger partial charge in [0.25, 0.3) is 0 Å². The maximum absolute atomic E-state index is 5.98. The smallest absolute Gasteiger partial charge is 0.125 e. The van der Waals surface area contributed by atoms with Gasteiger partial charge in [-0.2, -0.15) is 0 Å². The van der Waals surface area contributed by atoms with Crippen LogP contribution < -0.4 is 10.1 Å². The number of benzene rings is 1. The van der Waals surface area contributed by atoms with Crippen LogP contribution >= 0.6 is 11.6 Å². The van der Waals surface area contributed by atoms with E-state index in [4.69, 9.17) is 16.3 Å². The maximum Gasteiger partial charge on any atom is 0.125 e. The number of nitrogens with one attached hydrogen (secondary N) is 1. The van der Waals surface area contributed by atoms with Gasteiger partial charge < -0.3 is 10.1 Å². The standard InChI is InChI=1S/C14H20ClNO/c1-10-8-12(15)9-11(2)14(10)17-7-3-6-16-13-4-5-13/h8-9,13,16H,3-7H2,1-2H3. The van der Waals surface area contributed by atoms with Crippen LogP contribution in [0, 0.1) is 13.8 Å². The van der Waals surface area contributed by atoms with Crippen LogP contribution in [0.1, 0.15) is 30.4 Å². The molecule has 1 aromatic rings. The molecule has 1 saturated carbocycles. The van der Waals surface area contributed by atoms with Crippen molar-refractivity contribution in [1.82, 2.24) is 5.32 Å². The van der Waals surface area contributed by atoms with E-state index in [9.17, 15) is 0 Å². The summed E-state index contributed by atoms with van der Waals surface area (Å²) in [6.07, 6.45) is 3.74. The summed E-state index contributed by atoms with van der Waals surface area (Å²) in [5, 5.41) is 4.26. The molecule has 0 heterocycles. The van der Waals surface area contributed by atoms with Gasteiger partial charge in [0.2, 0.25) is 0 Å². The fourth-order valence-electron chi connectivity index (χ4n) is 1.97. The van der Waals surface area contributed by atoms with Gasteiger partial charge in [0, 0.05) is 11.1 Å². The summed E-state index contributed by atoms with van der Waals surface area (Å²) in [4.78, 5) is 0. The van der Waals surface area contributed by atoms with Gasteiger partial charge >= 0.3 is 0 Å². The Kier molecular flexibility index (Phi) is 4.30. The van der Waals surface area contributed by atoms with Crippen molar-refractivity contribution in [3.05, 3.63) is 28.3 Å². The third-order valence-electron chi connectivity index (χ3n) is 3.00. The van der Waals surface area contributed by atoms with Crippen LogP contribution in [0.25, 0.3) is 0 Å². The minimum absolute atomic E-state index is 0.767. The minimum atomic E-state index is 0.767. The van der Waals surface area contributed by atoms with Gasteiger partial charge in [-0.1, -0.05) is 11.6 Å². The van der Waals surface area contributed by atoms with E-state index in [2.05, 4.69) is 5.32 Å². The molecule has 0 bridgehead atoms. The average Bonchev–Trinajstić information content (AvgIpc) is 3.04. The largest absolute Gasteiger partial charge is 0.493 e. The molecule has 0 aliphatic heterocycles. The minimum Gasteiger partial charge on any atom is -0.493 e. The highest BCUT2D eigenvalue weighted by molar-refractivity contribution is 6.30. The first-order valence-corrected chi connectivity index (χ1v) is 6.67. The van der Waals surface area contributed by atoms with Crippen LogP contribution in [0.5, 0.6) is 5.75 Å². The van der Waals surface area contributed by atoms with Gasteiger partial charge in [0.05, 0.1) is 6.61 Å². The van der Waals surface area contributed by atoms with Gasteiger partial charge in [0.1, 0.15) is 5.75 Å². The molecule has 1 fully saturated rings. The summed E-state index contributed by atoms with van der Waals surface area (Å²) >= 11 is 5.98. The number of halogens is 1. The van der Waals surface area contributed by atoms with Crippen molar-refractivity contribution in [3.8, 4) is 5.75 Å². The molecule has 1 aliphatic rings. The van der Waals surface area contributed by atoms with Crippen LogP contribution in [0.15, 0.2) is 12.1 Å². The van der Waals surface area contributed by atoms with E-state index in [1.807, 2.05) is 26.0 Å². The van der Waals surface area contributed by atoms with Crippen molar-refractivity contribution in [1.29, 1.82) is 0 Å². The highest BCUT2D eigenvalue weighted by Gasteiger charge is 2.19. The second-order valence-corrected chi connectivity index (χ2v) is 5.24. The third-order valence-corrected chi connectivity index (χ3v) is 3.22. The molecule has 17 heavy (non-hydrogen) atoms. The van der Waals surface area contributed by atoms with Crippen molar-refractivity contribution < 1.29 is 4.74 Å².